The summed E-state index contributed by atoms with van der Waals surface area (Å²) in [5, 5.41) is -0.136. The van der Waals surface area contributed by atoms with Gasteiger partial charge >= 0.3 is 5.97 Å². The van der Waals surface area contributed by atoms with Crippen LogP contribution in [0.5, 0.6) is 0 Å². The zero-order valence-corrected chi connectivity index (χ0v) is 11.1. The molecule has 0 saturated carbocycles. The zero-order valence-electron chi connectivity index (χ0n) is 8.14. The van der Waals surface area contributed by atoms with Gasteiger partial charge in [0.15, 0.2) is 0 Å². The summed E-state index contributed by atoms with van der Waals surface area (Å²) >= 11 is 7.40. The molecule has 0 bridgehead atoms. The second-order valence-corrected chi connectivity index (χ2v) is 4.25. The molecular formula is C9H7ClF2INO2. The van der Waals surface area contributed by atoms with Crippen LogP contribution < -0.4 is 0 Å². The molecule has 7 heteroatoms. The van der Waals surface area contributed by atoms with Gasteiger partial charge in [0.25, 0.3) is 6.43 Å². The van der Waals surface area contributed by atoms with Crippen LogP contribution in [-0.4, -0.2) is 17.6 Å². The van der Waals surface area contributed by atoms with E-state index in [2.05, 4.69) is 9.72 Å². The number of hydrogen-bond acceptors (Lipinski definition) is 3. The number of carbonyl (C=O) groups excluding carboxylic acids is 1. The average Bonchev–Trinajstić information content (AvgIpc) is 2.21. The van der Waals surface area contributed by atoms with Crippen LogP contribution in [0.25, 0.3) is 0 Å². The molecule has 0 amide bonds. The number of aromatic nitrogens is 1. The summed E-state index contributed by atoms with van der Waals surface area (Å²) in [6, 6.07) is 1.31. The molecule has 0 aliphatic rings. The molecule has 0 atom stereocenters. The van der Waals surface area contributed by atoms with Crippen LogP contribution >= 0.6 is 34.2 Å². The van der Waals surface area contributed by atoms with Gasteiger partial charge in [-0.25, -0.2) is 18.6 Å². The van der Waals surface area contributed by atoms with Gasteiger partial charge in [-0.05, 0) is 35.6 Å². The second kappa shape index (κ2) is 5.72. The predicted molar refractivity (Wildman–Crippen MR) is 62.9 cm³/mol. The van der Waals surface area contributed by atoms with Gasteiger partial charge in [0.1, 0.15) is 11.4 Å². The highest BCUT2D eigenvalue weighted by Gasteiger charge is 2.20. The molecule has 0 aromatic carbocycles. The second-order valence-electron chi connectivity index (χ2n) is 2.71. The summed E-state index contributed by atoms with van der Waals surface area (Å²) in [5.74, 6) is -0.737. The molecule has 1 aromatic heterocycles. The normalized spacial score (nSPS) is 10.6. The van der Waals surface area contributed by atoms with Gasteiger partial charge in [-0.1, -0.05) is 11.6 Å². The van der Waals surface area contributed by atoms with Crippen LogP contribution in [0.3, 0.4) is 0 Å². The first-order valence-corrected chi connectivity index (χ1v) is 5.74. The molecule has 0 unspecified atom stereocenters. The Kier molecular flexibility index (Phi) is 4.85. The van der Waals surface area contributed by atoms with E-state index in [1.54, 1.807) is 29.5 Å². The van der Waals surface area contributed by atoms with Crippen molar-refractivity contribution in [2.75, 3.05) is 6.61 Å². The Morgan fingerprint density at radius 3 is 2.81 bits per heavy atom. The maximum atomic E-state index is 12.5. The van der Waals surface area contributed by atoms with Crippen molar-refractivity contribution < 1.29 is 18.3 Å². The van der Waals surface area contributed by atoms with E-state index in [-0.39, 0.29) is 17.3 Å². The van der Waals surface area contributed by atoms with Crippen LogP contribution in [0.1, 0.15) is 29.5 Å². The van der Waals surface area contributed by atoms with E-state index in [1.807, 2.05) is 0 Å². The van der Waals surface area contributed by atoms with Crippen molar-refractivity contribution in [2.45, 2.75) is 13.3 Å². The first-order valence-electron chi connectivity index (χ1n) is 4.28. The monoisotopic (exact) mass is 361 g/mol. The van der Waals surface area contributed by atoms with Gasteiger partial charge in [-0.3, -0.25) is 0 Å². The van der Waals surface area contributed by atoms with Crippen molar-refractivity contribution in [3.8, 4) is 0 Å². The molecule has 3 nitrogen and oxygen atoms in total. The van der Waals surface area contributed by atoms with Crippen LogP contribution in [-0.2, 0) is 4.74 Å². The van der Waals surface area contributed by atoms with Gasteiger partial charge in [0.2, 0.25) is 0 Å². The minimum Gasteiger partial charge on any atom is -0.461 e. The molecule has 0 saturated heterocycles. The third kappa shape index (κ3) is 3.00. The summed E-state index contributed by atoms with van der Waals surface area (Å²) < 4.78 is 30.1. The summed E-state index contributed by atoms with van der Waals surface area (Å²) in [4.78, 5) is 14.8. The summed E-state index contributed by atoms with van der Waals surface area (Å²) in [7, 11) is 0. The maximum Gasteiger partial charge on any atom is 0.356 e. The third-order valence-corrected chi connectivity index (χ3v) is 3.20. The zero-order chi connectivity index (χ0) is 12.3. The molecule has 88 valence electrons. The van der Waals surface area contributed by atoms with E-state index in [4.69, 9.17) is 11.6 Å². The number of ether oxygens (including phenoxy) is 1. The fourth-order valence-corrected chi connectivity index (χ4v) is 1.72. The molecule has 1 aromatic rings. The number of hydrogen-bond donors (Lipinski definition) is 0. The number of carbonyl (C=O) groups is 1. The SMILES string of the molecule is CCOC(=O)c1cc(I)c(Cl)c(C(F)F)n1. The smallest absolute Gasteiger partial charge is 0.356 e. The predicted octanol–water partition coefficient (Wildman–Crippen LogP) is 3.45. The lowest BCUT2D eigenvalue weighted by molar-refractivity contribution is 0.0518. The topological polar surface area (TPSA) is 39.2 Å². The Bertz CT molecular complexity index is 415. The quantitative estimate of drug-likeness (QED) is 0.611. The van der Waals surface area contributed by atoms with Crippen molar-refractivity contribution in [3.05, 3.63) is 26.0 Å². The van der Waals surface area contributed by atoms with Crippen molar-refractivity contribution in [1.82, 2.24) is 4.98 Å². The van der Waals surface area contributed by atoms with Crippen LogP contribution in [0, 0.1) is 3.57 Å². The number of alkyl halides is 2. The van der Waals surface area contributed by atoms with Gasteiger partial charge in [-0.2, -0.15) is 0 Å². The Labute approximate surface area is 109 Å². The Morgan fingerprint density at radius 1 is 1.69 bits per heavy atom. The molecule has 0 fully saturated rings. The number of halogens is 4. The third-order valence-electron chi connectivity index (χ3n) is 1.63. The van der Waals surface area contributed by atoms with Gasteiger partial charge in [-0.15, -0.1) is 0 Å². The highest BCUT2D eigenvalue weighted by molar-refractivity contribution is 14.1. The highest BCUT2D eigenvalue weighted by atomic mass is 127. The van der Waals surface area contributed by atoms with Crippen LogP contribution in [0.15, 0.2) is 6.07 Å². The summed E-state index contributed by atoms with van der Waals surface area (Å²) in [5.41, 5.74) is -0.762. The standard InChI is InChI=1S/C9H7ClF2INO2/c1-2-16-9(15)5-3-4(13)6(10)7(14-5)8(11)12/h3,8H,2H2,1H3. The average molecular weight is 362 g/mol. The largest absolute Gasteiger partial charge is 0.461 e. The molecule has 1 heterocycles. The van der Waals surface area contributed by atoms with Crippen molar-refractivity contribution in [3.63, 3.8) is 0 Å². The van der Waals surface area contributed by atoms with Crippen molar-refractivity contribution >= 4 is 40.2 Å². The van der Waals surface area contributed by atoms with E-state index < -0.39 is 18.1 Å². The highest BCUT2D eigenvalue weighted by Crippen LogP contribution is 2.29. The lowest BCUT2D eigenvalue weighted by Crippen LogP contribution is -2.10. The molecular weight excluding hydrogens is 354 g/mol. The number of esters is 1. The van der Waals surface area contributed by atoms with Gasteiger partial charge in [0.05, 0.1) is 11.6 Å². The fourth-order valence-electron chi connectivity index (χ4n) is 0.971. The molecule has 1 rings (SSSR count). The minimum atomic E-state index is -2.82. The van der Waals surface area contributed by atoms with Gasteiger partial charge < -0.3 is 4.74 Å². The Hall–Kier alpha value is -0.500. The summed E-state index contributed by atoms with van der Waals surface area (Å²) in [6.45, 7) is 1.77. The molecule has 16 heavy (non-hydrogen) atoms. The molecule has 0 aliphatic carbocycles. The molecule has 0 N–H and O–H groups in total. The first kappa shape index (κ1) is 13.6. The fraction of sp³-hybridized carbons (Fsp3) is 0.333. The maximum absolute atomic E-state index is 12.5. The van der Waals surface area contributed by atoms with E-state index in [0.29, 0.717) is 3.57 Å². The van der Waals surface area contributed by atoms with Gasteiger partial charge in [0, 0.05) is 3.57 Å². The molecule has 0 spiro atoms. The Balaban J connectivity index is 3.18. The first-order chi connectivity index (χ1) is 7.47. The Morgan fingerprint density at radius 2 is 2.31 bits per heavy atom. The lowest BCUT2D eigenvalue weighted by atomic mass is 10.3. The van der Waals surface area contributed by atoms with E-state index in [9.17, 15) is 13.6 Å². The molecule has 0 aliphatic heterocycles. The summed E-state index contributed by atoms with van der Waals surface area (Å²) in [6.07, 6.45) is -2.82. The number of pyridine rings is 1. The van der Waals surface area contributed by atoms with E-state index in [1.165, 1.54) is 6.07 Å². The number of nitrogens with zero attached hydrogens (tertiary/aromatic N) is 1. The van der Waals surface area contributed by atoms with E-state index in [0.717, 1.165) is 0 Å². The lowest BCUT2D eigenvalue weighted by Gasteiger charge is -2.07. The molecule has 0 radical (unpaired) electrons. The van der Waals surface area contributed by atoms with Crippen LogP contribution in [0.4, 0.5) is 8.78 Å². The van der Waals surface area contributed by atoms with Crippen LogP contribution in [0.2, 0.25) is 5.02 Å². The van der Waals surface area contributed by atoms with E-state index >= 15 is 0 Å². The number of rotatable bonds is 3. The van der Waals surface area contributed by atoms with Crippen molar-refractivity contribution in [1.29, 1.82) is 0 Å². The van der Waals surface area contributed by atoms with Crippen molar-refractivity contribution in [2.24, 2.45) is 0 Å². The minimum absolute atomic E-state index is 0.136.